The van der Waals surface area contributed by atoms with Crippen molar-refractivity contribution in [3.8, 4) is 0 Å². The zero-order valence-corrected chi connectivity index (χ0v) is 15.6. The van der Waals surface area contributed by atoms with E-state index >= 15 is 0 Å². The van der Waals surface area contributed by atoms with Crippen LogP contribution < -0.4 is 10.6 Å². The molecular weight excluding hydrogens is 350 g/mol. The fourth-order valence-electron chi connectivity index (χ4n) is 3.15. The summed E-state index contributed by atoms with van der Waals surface area (Å²) in [4.78, 5) is 24.4. The highest BCUT2D eigenvalue weighted by Crippen LogP contribution is 2.18. The topological polar surface area (TPSA) is 82.7 Å². The van der Waals surface area contributed by atoms with Crippen LogP contribution >= 0.6 is 0 Å². The first-order valence-electron chi connectivity index (χ1n) is 9.20. The summed E-state index contributed by atoms with van der Waals surface area (Å²) in [5.74, 6) is 0.942. The quantitative estimate of drug-likeness (QED) is 0.475. The van der Waals surface area contributed by atoms with E-state index in [1.54, 1.807) is 13.0 Å². The van der Waals surface area contributed by atoms with Crippen molar-refractivity contribution in [3.05, 3.63) is 83.9 Å². The molecular formula is C22H21N5O. The first-order valence-corrected chi connectivity index (χ1v) is 9.20. The summed E-state index contributed by atoms with van der Waals surface area (Å²) < 4.78 is 0. The highest BCUT2D eigenvalue weighted by atomic mass is 16.1. The molecule has 1 amide bonds. The number of fused-ring (bicyclic) bond motifs is 1. The molecule has 0 aliphatic rings. The van der Waals surface area contributed by atoms with Crippen LogP contribution in [0.5, 0.6) is 0 Å². The summed E-state index contributed by atoms with van der Waals surface area (Å²) >= 11 is 0. The second kappa shape index (κ2) is 7.92. The number of aromatic nitrogens is 3. The number of benzene rings is 2. The van der Waals surface area contributed by atoms with E-state index in [9.17, 15) is 4.79 Å². The van der Waals surface area contributed by atoms with Gasteiger partial charge in [0.2, 0.25) is 0 Å². The normalized spacial score (nSPS) is 10.8. The molecule has 2 aromatic heterocycles. The molecule has 2 aromatic carbocycles. The van der Waals surface area contributed by atoms with Crippen LogP contribution in [0.15, 0.2) is 66.9 Å². The third-order valence-corrected chi connectivity index (χ3v) is 4.48. The molecule has 0 saturated carbocycles. The van der Waals surface area contributed by atoms with E-state index in [0.717, 1.165) is 17.6 Å². The second-order valence-corrected chi connectivity index (χ2v) is 6.54. The molecule has 0 unspecified atom stereocenters. The van der Waals surface area contributed by atoms with E-state index in [1.165, 1.54) is 10.9 Å². The van der Waals surface area contributed by atoms with Gasteiger partial charge < -0.3 is 15.6 Å². The van der Waals surface area contributed by atoms with Crippen molar-refractivity contribution >= 4 is 28.3 Å². The van der Waals surface area contributed by atoms with Crippen LogP contribution in [0.3, 0.4) is 0 Å². The Morgan fingerprint density at radius 1 is 1.04 bits per heavy atom. The maximum absolute atomic E-state index is 12.5. The lowest BCUT2D eigenvalue weighted by Crippen LogP contribution is -2.16. The van der Waals surface area contributed by atoms with Gasteiger partial charge in [-0.3, -0.25) is 4.79 Å². The molecule has 4 rings (SSSR count). The van der Waals surface area contributed by atoms with Gasteiger partial charge in [-0.25, -0.2) is 9.97 Å². The van der Waals surface area contributed by atoms with Gasteiger partial charge in [-0.15, -0.1) is 0 Å². The van der Waals surface area contributed by atoms with E-state index in [4.69, 9.17) is 0 Å². The number of nitrogens with one attached hydrogen (secondary N) is 3. The summed E-state index contributed by atoms with van der Waals surface area (Å²) in [6, 6.07) is 19.3. The van der Waals surface area contributed by atoms with Crippen LogP contribution in [-0.2, 0) is 6.42 Å². The summed E-state index contributed by atoms with van der Waals surface area (Å²) in [6.45, 7) is 2.49. The number of H-pyrrole nitrogens is 1. The first kappa shape index (κ1) is 17.7. The third kappa shape index (κ3) is 4.01. The zero-order chi connectivity index (χ0) is 19.3. The number of carbonyl (C=O) groups excluding carboxylic acids is 1. The predicted octanol–water partition coefficient (Wildman–Crippen LogP) is 4.17. The van der Waals surface area contributed by atoms with Gasteiger partial charge in [0.1, 0.15) is 17.3 Å². The Kier molecular flexibility index (Phi) is 5.01. The van der Waals surface area contributed by atoms with Crippen LogP contribution in [0.1, 0.15) is 21.9 Å². The number of aryl methyl sites for hydroxylation is 1. The van der Waals surface area contributed by atoms with Crippen LogP contribution in [-0.4, -0.2) is 27.4 Å². The monoisotopic (exact) mass is 371 g/mol. The van der Waals surface area contributed by atoms with Crippen molar-refractivity contribution in [2.75, 3.05) is 17.2 Å². The standard InChI is InChI=1S/C22H21N5O/c1-15-25-20(22(28)27-17-7-3-2-4-8-17)13-21(26-15)23-12-11-16-14-24-19-10-6-5-9-18(16)19/h2-10,13-14,24H,11-12H2,1H3,(H,27,28)(H,23,25,26). The molecule has 2 heterocycles. The van der Waals surface area contributed by atoms with Gasteiger partial charge in [-0.05, 0) is 37.1 Å². The van der Waals surface area contributed by atoms with E-state index in [0.29, 0.717) is 23.9 Å². The summed E-state index contributed by atoms with van der Waals surface area (Å²) in [5, 5.41) is 7.38. The van der Waals surface area contributed by atoms with Crippen LogP contribution in [0.25, 0.3) is 10.9 Å². The van der Waals surface area contributed by atoms with Crippen molar-refractivity contribution in [2.45, 2.75) is 13.3 Å². The first-order chi connectivity index (χ1) is 13.7. The Labute approximate surface area is 163 Å². The number of carbonyl (C=O) groups is 1. The van der Waals surface area contributed by atoms with Crippen molar-refractivity contribution in [3.63, 3.8) is 0 Å². The van der Waals surface area contributed by atoms with Crippen LogP contribution in [0, 0.1) is 6.92 Å². The molecule has 6 nitrogen and oxygen atoms in total. The summed E-state index contributed by atoms with van der Waals surface area (Å²) in [7, 11) is 0. The molecule has 140 valence electrons. The van der Waals surface area contributed by atoms with Crippen molar-refractivity contribution in [2.24, 2.45) is 0 Å². The minimum atomic E-state index is -0.253. The third-order valence-electron chi connectivity index (χ3n) is 4.48. The maximum Gasteiger partial charge on any atom is 0.274 e. The molecule has 28 heavy (non-hydrogen) atoms. The number of nitrogens with zero attached hydrogens (tertiary/aromatic N) is 2. The van der Waals surface area contributed by atoms with E-state index in [1.807, 2.05) is 48.7 Å². The summed E-state index contributed by atoms with van der Waals surface area (Å²) in [5.41, 5.74) is 3.45. The maximum atomic E-state index is 12.5. The molecule has 4 aromatic rings. The molecule has 3 N–H and O–H groups in total. The molecule has 0 radical (unpaired) electrons. The molecule has 0 bridgehead atoms. The van der Waals surface area contributed by atoms with Crippen molar-refractivity contribution in [1.82, 2.24) is 15.0 Å². The number of para-hydroxylation sites is 2. The predicted molar refractivity (Wildman–Crippen MR) is 112 cm³/mol. The van der Waals surface area contributed by atoms with Gasteiger partial charge in [0, 0.05) is 35.4 Å². The summed E-state index contributed by atoms with van der Waals surface area (Å²) in [6.07, 6.45) is 2.88. The Morgan fingerprint density at radius 3 is 2.68 bits per heavy atom. The fraction of sp³-hybridized carbons (Fsp3) is 0.136. The van der Waals surface area contributed by atoms with Crippen molar-refractivity contribution in [1.29, 1.82) is 0 Å². The van der Waals surface area contributed by atoms with E-state index < -0.39 is 0 Å². The number of amides is 1. The average Bonchev–Trinajstić information content (AvgIpc) is 3.12. The number of rotatable bonds is 6. The number of aromatic amines is 1. The van der Waals surface area contributed by atoms with E-state index in [-0.39, 0.29) is 5.91 Å². The highest BCUT2D eigenvalue weighted by Gasteiger charge is 2.11. The SMILES string of the molecule is Cc1nc(NCCc2c[nH]c3ccccc23)cc(C(=O)Nc2ccccc2)n1. The average molecular weight is 371 g/mol. The Bertz CT molecular complexity index is 1100. The smallest absolute Gasteiger partial charge is 0.274 e. The van der Waals surface area contributed by atoms with Crippen LogP contribution in [0.4, 0.5) is 11.5 Å². The lowest BCUT2D eigenvalue weighted by Gasteiger charge is -2.09. The Morgan fingerprint density at radius 2 is 1.82 bits per heavy atom. The van der Waals surface area contributed by atoms with Gasteiger partial charge >= 0.3 is 0 Å². The minimum absolute atomic E-state index is 0.253. The van der Waals surface area contributed by atoms with Gasteiger partial charge in [-0.1, -0.05) is 36.4 Å². The molecule has 0 aliphatic heterocycles. The molecule has 0 spiro atoms. The lowest BCUT2D eigenvalue weighted by atomic mass is 10.1. The van der Waals surface area contributed by atoms with Crippen molar-refractivity contribution < 1.29 is 4.79 Å². The molecule has 6 heteroatoms. The number of hydrogen-bond acceptors (Lipinski definition) is 4. The Balaban J connectivity index is 1.43. The Hall–Kier alpha value is -3.67. The highest BCUT2D eigenvalue weighted by molar-refractivity contribution is 6.03. The number of hydrogen-bond donors (Lipinski definition) is 3. The number of anilines is 2. The van der Waals surface area contributed by atoms with Gasteiger partial charge in [0.15, 0.2) is 0 Å². The van der Waals surface area contributed by atoms with Gasteiger partial charge in [0.05, 0.1) is 0 Å². The molecule has 0 saturated heterocycles. The largest absolute Gasteiger partial charge is 0.370 e. The van der Waals surface area contributed by atoms with E-state index in [2.05, 4.69) is 37.7 Å². The van der Waals surface area contributed by atoms with Crippen LogP contribution in [0.2, 0.25) is 0 Å². The fourth-order valence-corrected chi connectivity index (χ4v) is 3.15. The minimum Gasteiger partial charge on any atom is -0.370 e. The molecule has 0 atom stereocenters. The lowest BCUT2D eigenvalue weighted by molar-refractivity contribution is 0.102. The zero-order valence-electron chi connectivity index (χ0n) is 15.6. The van der Waals surface area contributed by atoms with Gasteiger partial charge in [0.25, 0.3) is 5.91 Å². The van der Waals surface area contributed by atoms with Gasteiger partial charge in [-0.2, -0.15) is 0 Å². The molecule has 0 aliphatic carbocycles. The second-order valence-electron chi connectivity index (χ2n) is 6.54. The molecule has 0 fully saturated rings.